The van der Waals surface area contributed by atoms with E-state index in [2.05, 4.69) is 21.2 Å². The van der Waals surface area contributed by atoms with Gasteiger partial charge in [-0.05, 0) is 31.2 Å². The lowest BCUT2D eigenvalue weighted by atomic mass is 10.2. The highest BCUT2D eigenvalue weighted by Crippen LogP contribution is 2.19. The second-order valence-electron chi connectivity index (χ2n) is 3.06. The van der Waals surface area contributed by atoms with Gasteiger partial charge in [0.25, 0.3) is 0 Å². The van der Waals surface area contributed by atoms with Crippen molar-refractivity contribution < 1.29 is 9.18 Å². The van der Waals surface area contributed by atoms with Crippen LogP contribution in [-0.2, 0) is 4.79 Å². The Kier molecular flexibility index (Phi) is 4.71. The van der Waals surface area contributed by atoms with Crippen LogP contribution in [0.3, 0.4) is 0 Å². The van der Waals surface area contributed by atoms with Gasteiger partial charge in [0, 0.05) is 10.9 Å². The van der Waals surface area contributed by atoms with E-state index in [9.17, 15) is 9.18 Å². The summed E-state index contributed by atoms with van der Waals surface area (Å²) in [6.07, 6.45) is 0.913. The zero-order valence-corrected chi connectivity index (χ0v) is 9.68. The van der Waals surface area contributed by atoms with Crippen LogP contribution in [0, 0.1) is 5.82 Å². The number of benzene rings is 1. The molecule has 0 aliphatic carbocycles. The molecule has 0 unspecified atom stereocenters. The third-order valence-corrected chi connectivity index (χ3v) is 2.31. The molecule has 0 aliphatic heterocycles. The Balaban J connectivity index is 2.60. The minimum Gasteiger partial charge on any atom is -0.330 e. The molecule has 0 heterocycles. The van der Waals surface area contributed by atoms with Gasteiger partial charge in [-0.3, -0.25) is 4.79 Å². The molecule has 82 valence electrons. The van der Waals surface area contributed by atoms with E-state index in [-0.39, 0.29) is 11.6 Å². The van der Waals surface area contributed by atoms with Crippen LogP contribution in [0.1, 0.15) is 12.8 Å². The molecule has 0 atom stereocenters. The van der Waals surface area contributed by atoms with Crippen LogP contribution in [0.15, 0.2) is 22.7 Å². The fourth-order valence-corrected chi connectivity index (χ4v) is 1.40. The Morgan fingerprint density at radius 1 is 1.53 bits per heavy atom. The van der Waals surface area contributed by atoms with E-state index in [0.717, 1.165) is 0 Å². The maximum atomic E-state index is 13.3. The maximum Gasteiger partial charge on any atom is 0.224 e. The van der Waals surface area contributed by atoms with Crippen LogP contribution >= 0.6 is 15.9 Å². The molecular weight excluding hydrogens is 263 g/mol. The third kappa shape index (κ3) is 3.97. The summed E-state index contributed by atoms with van der Waals surface area (Å²) in [5.74, 6) is -0.674. The lowest BCUT2D eigenvalue weighted by Crippen LogP contribution is -2.14. The van der Waals surface area contributed by atoms with Crippen molar-refractivity contribution in [3.63, 3.8) is 0 Å². The summed E-state index contributed by atoms with van der Waals surface area (Å²) < 4.78 is 13.9. The van der Waals surface area contributed by atoms with E-state index in [1.807, 2.05) is 0 Å². The number of nitrogens with two attached hydrogens (primary N) is 1. The standard InChI is InChI=1S/C10H12BrFN2O/c11-7-3-4-9(8(12)6-7)14-10(15)2-1-5-13/h3-4,6H,1-2,5,13H2,(H,14,15). The van der Waals surface area contributed by atoms with Crippen molar-refractivity contribution >= 4 is 27.5 Å². The largest absolute Gasteiger partial charge is 0.330 e. The van der Waals surface area contributed by atoms with E-state index < -0.39 is 5.82 Å². The predicted octanol–water partition coefficient (Wildman–Crippen LogP) is 2.27. The minimum absolute atomic E-state index is 0.195. The summed E-state index contributed by atoms with van der Waals surface area (Å²) in [6, 6.07) is 4.49. The Hall–Kier alpha value is -0.940. The Bertz CT molecular complexity index is 357. The summed E-state index contributed by atoms with van der Waals surface area (Å²) >= 11 is 3.14. The van der Waals surface area contributed by atoms with Crippen molar-refractivity contribution in [2.24, 2.45) is 5.73 Å². The van der Waals surface area contributed by atoms with Gasteiger partial charge < -0.3 is 11.1 Å². The first-order valence-electron chi connectivity index (χ1n) is 4.58. The number of hydrogen-bond acceptors (Lipinski definition) is 2. The van der Waals surface area contributed by atoms with Gasteiger partial charge in [0.1, 0.15) is 5.82 Å². The van der Waals surface area contributed by atoms with E-state index in [1.165, 1.54) is 12.1 Å². The average molecular weight is 275 g/mol. The van der Waals surface area contributed by atoms with Crippen molar-refractivity contribution in [2.75, 3.05) is 11.9 Å². The van der Waals surface area contributed by atoms with E-state index in [1.54, 1.807) is 6.07 Å². The summed E-state index contributed by atoms with van der Waals surface area (Å²) in [5, 5.41) is 2.48. The van der Waals surface area contributed by atoms with Gasteiger partial charge in [-0.15, -0.1) is 0 Å². The molecular formula is C10H12BrFN2O. The number of carbonyl (C=O) groups excluding carboxylic acids is 1. The van der Waals surface area contributed by atoms with Gasteiger partial charge in [-0.2, -0.15) is 0 Å². The van der Waals surface area contributed by atoms with Crippen LogP contribution in [0.4, 0.5) is 10.1 Å². The number of anilines is 1. The smallest absolute Gasteiger partial charge is 0.224 e. The molecule has 1 rings (SSSR count). The highest BCUT2D eigenvalue weighted by atomic mass is 79.9. The molecule has 3 nitrogen and oxygen atoms in total. The van der Waals surface area contributed by atoms with Crippen LogP contribution in [-0.4, -0.2) is 12.5 Å². The Labute approximate surface area is 96.0 Å². The monoisotopic (exact) mass is 274 g/mol. The molecule has 0 bridgehead atoms. The molecule has 1 amide bonds. The first kappa shape index (κ1) is 12.1. The molecule has 0 saturated carbocycles. The summed E-state index contributed by atoms with van der Waals surface area (Å²) in [7, 11) is 0. The van der Waals surface area contributed by atoms with Crippen molar-refractivity contribution in [3.8, 4) is 0 Å². The molecule has 3 N–H and O–H groups in total. The third-order valence-electron chi connectivity index (χ3n) is 1.81. The molecule has 0 radical (unpaired) electrons. The normalized spacial score (nSPS) is 10.1. The van der Waals surface area contributed by atoms with Gasteiger partial charge in [0.2, 0.25) is 5.91 Å². The first-order valence-corrected chi connectivity index (χ1v) is 5.37. The Morgan fingerprint density at radius 3 is 2.87 bits per heavy atom. The van der Waals surface area contributed by atoms with Crippen LogP contribution < -0.4 is 11.1 Å². The number of halogens is 2. The molecule has 0 aliphatic rings. The first-order chi connectivity index (χ1) is 7.13. The molecule has 15 heavy (non-hydrogen) atoms. The zero-order valence-electron chi connectivity index (χ0n) is 8.09. The van der Waals surface area contributed by atoms with Gasteiger partial charge in [-0.25, -0.2) is 4.39 Å². The van der Waals surface area contributed by atoms with Gasteiger partial charge >= 0.3 is 0 Å². The van der Waals surface area contributed by atoms with Crippen LogP contribution in [0.5, 0.6) is 0 Å². The SMILES string of the molecule is NCCCC(=O)Nc1ccc(Br)cc1F. The number of rotatable bonds is 4. The quantitative estimate of drug-likeness (QED) is 0.885. The summed E-state index contributed by atoms with van der Waals surface area (Å²) in [4.78, 5) is 11.3. The number of carbonyl (C=O) groups is 1. The number of hydrogen-bond donors (Lipinski definition) is 2. The van der Waals surface area contributed by atoms with Crippen molar-refractivity contribution in [1.82, 2.24) is 0 Å². The molecule has 1 aromatic rings. The van der Waals surface area contributed by atoms with Crippen molar-refractivity contribution in [2.45, 2.75) is 12.8 Å². The topological polar surface area (TPSA) is 55.1 Å². The minimum atomic E-state index is -0.453. The van der Waals surface area contributed by atoms with Crippen molar-refractivity contribution in [3.05, 3.63) is 28.5 Å². The average Bonchev–Trinajstić information content (AvgIpc) is 2.19. The number of amides is 1. The van der Waals surface area contributed by atoms with Gasteiger partial charge in [0.15, 0.2) is 0 Å². The molecule has 5 heteroatoms. The zero-order chi connectivity index (χ0) is 11.3. The second kappa shape index (κ2) is 5.82. The van der Waals surface area contributed by atoms with Crippen LogP contribution in [0.2, 0.25) is 0 Å². The molecule has 0 spiro atoms. The lowest BCUT2D eigenvalue weighted by molar-refractivity contribution is -0.116. The predicted molar refractivity (Wildman–Crippen MR) is 61.0 cm³/mol. The van der Waals surface area contributed by atoms with E-state index in [0.29, 0.717) is 23.9 Å². The number of nitrogens with one attached hydrogen (secondary N) is 1. The van der Waals surface area contributed by atoms with Crippen LogP contribution in [0.25, 0.3) is 0 Å². The molecule has 0 aromatic heterocycles. The molecule has 1 aromatic carbocycles. The van der Waals surface area contributed by atoms with Gasteiger partial charge in [-0.1, -0.05) is 15.9 Å². The fraction of sp³-hybridized carbons (Fsp3) is 0.300. The highest BCUT2D eigenvalue weighted by Gasteiger charge is 2.06. The Morgan fingerprint density at radius 2 is 2.27 bits per heavy atom. The van der Waals surface area contributed by atoms with E-state index >= 15 is 0 Å². The maximum absolute atomic E-state index is 13.3. The van der Waals surface area contributed by atoms with E-state index in [4.69, 9.17) is 5.73 Å². The molecule has 0 fully saturated rings. The summed E-state index contributed by atoms with van der Waals surface area (Å²) in [5.41, 5.74) is 5.45. The molecule has 0 saturated heterocycles. The highest BCUT2D eigenvalue weighted by molar-refractivity contribution is 9.10. The van der Waals surface area contributed by atoms with Gasteiger partial charge in [0.05, 0.1) is 5.69 Å². The second-order valence-corrected chi connectivity index (χ2v) is 3.98. The fourth-order valence-electron chi connectivity index (χ4n) is 1.07. The lowest BCUT2D eigenvalue weighted by Gasteiger charge is -2.05. The van der Waals surface area contributed by atoms with Crippen molar-refractivity contribution in [1.29, 1.82) is 0 Å². The summed E-state index contributed by atoms with van der Waals surface area (Å²) in [6.45, 7) is 0.455.